The molecule has 0 N–H and O–H groups in total. The van der Waals surface area contributed by atoms with E-state index in [1.165, 1.54) is 11.8 Å². The number of hydrogen-bond donors (Lipinski definition) is 0. The van der Waals surface area contributed by atoms with Gasteiger partial charge >= 0.3 is 12.1 Å². The van der Waals surface area contributed by atoms with Crippen LogP contribution in [0.2, 0.25) is 0 Å². The normalized spacial score (nSPS) is 14.8. The summed E-state index contributed by atoms with van der Waals surface area (Å²) in [6.07, 6.45) is -2.64. The molecule has 0 unspecified atom stereocenters. The highest BCUT2D eigenvalue weighted by Gasteiger charge is 2.37. The van der Waals surface area contributed by atoms with Gasteiger partial charge < -0.3 is 9.15 Å². The number of rotatable bonds is 6. The van der Waals surface area contributed by atoms with E-state index in [1.54, 1.807) is 0 Å². The maximum absolute atomic E-state index is 12.8. The van der Waals surface area contributed by atoms with E-state index in [-0.39, 0.29) is 37.1 Å². The van der Waals surface area contributed by atoms with Gasteiger partial charge in [-0.3, -0.25) is 9.48 Å². The van der Waals surface area contributed by atoms with Crippen LogP contribution in [0.1, 0.15) is 41.9 Å². The first-order chi connectivity index (χ1) is 11.4. The Kier molecular flexibility index (Phi) is 4.29. The lowest BCUT2D eigenvalue weighted by Crippen LogP contribution is -2.10. The van der Waals surface area contributed by atoms with E-state index in [9.17, 15) is 18.0 Å². The van der Waals surface area contributed by atoms with E-state index in [4.69, 9.17) is 4.42 Å². The van der Waals surface area contributed by atoms with Crippen LogP contribution in [-0.2, 0) is 35.1 Å². The average molecular weight is 344 g/mol. The van der Waals surface area contributed by atoms with Crippen LogP contribution in [0.3, 0.4) is 0 Å². The second-order valence-electron chi connectivity index (χ2n) is 5.54. The summed E-state index contributed by atoms with van der Waals surface area (Å²) in [7, 11) is 1.25. The van der Waals surface area contributed by atoms with Crippen LogP contribution in [0.25, 0.3) is 0 Å². The van der Waals surface area contributed by atoms with E-state index in [0.717, 1.165) is 18.9 Å². The van der Waals surface area contributed by atoms with Crippen LogP contribution in [0, 0.1) is 0 Å². The highest BCUT2D eigenvalue weighted by molar-refractivity contribution is 5.70. The van der Waals surface area contributed by atoms with Crippen molar-refractivity contribution in [2.24, 2.45) is 0 Å². The third-order valence-corrected chi connectivity index (χ3v) is 3.67. The van der Waals surface area contributed by atoms with Gasteiger partial charge in [-0.1, -0.05) is 0 Å². The van der Waals surface area contributed by atoms with Crippen LogP contribution in [0.15, 0.2) is 10.5 Å². The summed E-state index contributed by atoms with van der Waals surface area (Å²) in [5.74, 6) is -0.0373. The van der Waals surface area contributed by atoms with Crippen molar-refractivity contribution in [3.05, 3.63) is 29.2 Å². The molecule has 0 aromatic carbocycles. The van der Waals surface area contributed by atoms with E-state index >= 15 is 0 Å². The number of nitrogens with zero attached hydrogens (tertiary/aromatic N) is 4. The molecule has 0 saturated heterocycles. The van der Waals surface area contributed by atoms with Crippen molar-refractivity contribution < 1.29 is 27.1 Å². The maximum atomic E-state index is 12.8. The maximum Gasteiger partial charge on any atom is 0.435 e. The van der Waals surface area contributed by atoms with Crippen molar-refractivity contribution in [3.63, 3.8) is 0 Å². The number of carbonyl (C=O) groups excluding carboxylic acids is 1. The molecule has 7 nitrogen and oxygen atoms in total. The van der Waals surface area contributed by atoms with E-state index < -0.39 is 17.8 Å². The molecular formula is C14H15F3N4O3. The van der Waals surface area contributed by atoms with Crippen LogP contribution >= 0.6 is 0 Å². The Labute approximate surface area is 134 Å². The van der Waals surface area contributed by atoms with Gasteiger partial charge in [0, 0.05) is 24.6 Å². The number of aromatic nitrogens is 4. The number of halogens is 3. The molecule has 130 valence electrons. The summed E-state index contributed by atoms with van der Waals surface area (Å²) in [6, 6.07) is 1.11. The molecular weight excluding hydrogens is 329 g/mol. The Morgan fingerprint density at radius 3 is 2.71 bits per heavy atom. The quantitative estimate of drug-likeness (QED) is 0.747. The second-order valence-corrected chi connectivity index (χ2v) is 5.54. The van der Waals surface area contributed by atoms with Crippen LogP contribution in [0.4, 0.5) is 13.2 Å². The van der Waals surface area contributed by atoms with Crippen molar-refractivity contribution in [1.29, 1.82) is 0 Å². The first-order valence-corrected chi connectivity index (χ1v) is 7.40. The lowest BCUT2D eigenvalue weighted by atomic mass is 10.2. The second kappa shape index (κ2) is 6.25. The Balaban J connectivity index is 1.68. The molecule has 2 heterocycles. The molecule has 0 bridgehead atoms. The van der Waals surface area contributed by atoms with Gasteiger partial charge in [0.2, 0.25) is 11.8 Å². The van der Waals surface area contributed by atoms with Gasteiger partial charge in [-0.25, -0.2) is 0 Å². The predicted octanol–water partition coefficient (Wildman–Crippen LogP) is 2.12. The van der Waals surface area contributed by atoms with Gasteiger partial charge in [-0.15, -0.1) is 10.2 Å². The third-order valence-electron chi connectivity index (χ3n) is 3.67. The van der Waals surface area contributed by atoms with E-state index in [1.807, 2.05) is 0 Å². The lowest BCUT2D eigenvalue weighted by Gasteiger charge is -2.04. The summed E-state index contributed by atoms with van der Waals surface area (Å²) in [4.78, 5) is 11.1. The van der Waals surface area contributed by atoms with Gasteiger partial charge in [-0.05, 0) is 18.9 Å². The van der Waals surface area contributed by atoms with E-state index in [0.29, 0.717) is 5.69 Å². The minimum absolute atomic E-state index is 0.107. The summed E-state index contributed by atoms with van der Waals surface area (Å²) in [5.41, 5.74) is -0.307. The number of carbonyl (C=O) groups is 1. The molecule has 0 aliphatic heterocycles. The van der Waals surface area contributed by atoms with E-state index in [2.05, 4.69) is 20.0 Å². The van der Waals surface area contributed by atoms with Gasteiger partial charge in [-0.2, -0.15) is 18.3 Å². The molecule has 1 saturated carbocycles. The number of hydrogen-bond acceptors (Lipinski definition) is 6. The van der Waals surface area contributed by atoms with Gasteiger partial charge in [0.05, 0.1) is 7.11 Å². The molecule has 0 spiro atoms. The monoisotopic (exact) mass is 344 g/mol. The molecule has 0 amide bonds. The summed E-state index contributed by atoms with van der Waals surface area (Å²) < 4.78 is 49.6. The van der Waals surface area contributed by atoms with Crippen molar-refractivity contribution in [1.82, 2.24) is 20.0 Å². The van der Waals surface area contributed by atoms with Gasteiger partial charge in [0.15, 0.2) is 5.69 Å². The average Bonchev–Trinajstić information content (AvgIpc) is 3.11. The molecule has 1 fully saturated rings. The first kappa shape index (κ1) is 16.5. The molecule has 10 heteroatoms. The molecule has 0 radical (unpaired) electrons. The van der Waals surface area contributed by atoms with Gasteiger partial charge in [0.1, 0.15) is 6.42 Å². The summed E-state index contributed by atoms with van der Waals surface area (Å²) in [5, 5.41) is 11.1. The molecule has 2 aromatic heterocycles. The molecule has 2 aromatic rings. The minimum atomic E-state index is -4.47. The standard InChI is InChI=1S/C14H15F3N4O3/c1-23-13(22)7-12-19-18-11(24-12)4-5-21-9(8-2-3-8)6-10(20-21)14(15,16)17/h6,8H,2-5,7H2,1H3. The Bertz CT molecular complexity index is 734. The number of esters is 1. The topological polar surface area (TPSA) is 83.0 Å². The first-order valence-electron chi connectivity index (χ1n) is 7.40. The Morgan fingerprint density at radius 2 is 2.08 bits per heavy atom. The molecule has 1 aliphatic carbocycles. The molecule has 0 atom stereocenters. The van der Waals surface area contributed by atoms with Gasteiger partial charge in [0.25, 0.3) is 0 Å². The molecule has 24 heavy (non-hydrogen) atoms. The highest BCUT2D eigenvalue weighted by atomic mass is 19.4. The zero-order chi connectivity index (χ0) is 17.3. The fourth-order valence-electron chi connectivity index (χ4n) is 2.31. The summed E-state index contributed by atoms with van der Waals surface area (Å²) in [6.45, 7) is 0.196. The number of ether oxygens (including phenoxy) is 1. The Hall–Kier alpha value is -2.39. The molecule has 3 rings (SSSR count). The van der Waals surface area contributed by atoms with Crippen molar-refractivity contribution >= 4 is 5.97 Å². The number of alkyl halides is 3. The van der Waals surface area contributed by atoms with Crippen LogP contribution in [0.5, 0.6) is 0 Å². The lowest BCUT2D eigenvalue weighted by molar-refractivity contribution is -0.141. The molecule has 1 aliphatic rings. The Morgan fingerprint density at radius 1 is 1.38 bits per heavy atom. The fourth-order valence-corrected chi connectivity index (χ4v) is 2.31. The zero-order valence-electron chi connectivity index (χ0n) is 12.8. The highest BCUT2D eigenvalue weighted by Crippen LogP contribution is 2.42. The largest absolute Gasteiger partial charge is 0.469 e. The zero-order valence-corrected chi connectivity index (χ0v) is 12.8. The van der Waals surface area contributed by atoms with Crippen molar-refractivity contribution in [2.75, 3.05) is 7.11 Å². The number of aryl methyl sites for hydroxylation is 2. The predicted molar refractivity (Wildman–Crippen MR) is 72.9 cm³/mol. The third kappa shape index (κ3) is 3.74. The smallest absolute Gasteiger partial charge is 0.435 e. The fraction of sp³-hybridized carbons (Fsp3) is 0.571. The van der Waals surface area contributed by atoms with Crippen molar-refractivity contribution in [3.8, 4) is 0 Å². The van der Waals surface area contributed by atoms with Crippen LogP contribution < -0.4 is 0 Å². The summed E-state index contributed by atoms with van der Waals surface area (Å²) >= 11 is 0. The van der Waals surface area contributed by atoms with Crippen molar-refractivity contribution in [2.45, 2.75) is 44.3 Å². The number of methoxy groups -OCH3 is 1. The van der Waals surface area contributed by atoms with Crippen LogP contribution in [-0.4, -0.2) is 33.1 Å². The minimum Gasteiger partial charge on any atom is -0.469 e. The SMILES string of the molecule is COC(=O)Cc1nnc(CCn2nc(C(F)(F)F)cc2C2CC2)o1.